The number of hydrogen-bond donors (Lipinski definition) is 0. The molecule has 0 aromatic rings. The highest BCUT2D eigenvalue weighted by atomic mass is 16.1. The third-order valence-electron chi connectivity index (χ3n) is 9.31. The summed E-state index contributed by atoms with van der Waals surface area (Å²) in [6.45, 7) is 13.2. The molecular weight excluding hydrogens is 308 g/mol. The molecule has 0 N–H and O–H groups in total. The van der Waals surface area contributed by atoms with E-state index in [0.29, 0.717) is 30.0 Å². The Morgan fingerprint density at radius 2 is 1.80 bits per heavy atom. The van der Waals surface area contributed by atoms with E-state index in [1.165, 1.54) is 24.0 Å². The molecule has 4 aliphatic rings. The van der Waals surface area contributed by atoms with E-state index in [0.717, 1.165) is 25.7 Å². The van der Waals surface area contributed by atoms with Gasteiger partial charge in [0, 0.05) is 11.8 Å². The molecule has 136 valence electrons. The van der Waals surface area contributed by atoms with E-state index in [2.05, 4.69) is 27.4 Å². The molecule has 3 fully saturated rings. The summed E-state index contributed by atoms with van der Waals surface area (Å²) in [7, 11) is 0. The molecule has 0 aliphatic heterocycles. The first-order valence-corrected chi connectivity index (χ1v) is 10.1. The fraction of sp³-hybridized carbons (Fsp3) is 0.739. The largest absolute Gasteiger partial charge is 0.299 e. The molecule has 2 nitrogen and oxygen atoms in total. The lowest BCUT2D eigenvalue weighted by atomic mass is 9.44. The van der Waals surface area contributed by atoms with Gasteiger partial charge in [0.15, 0.2) is 5.78 Å². The van der Waals surface area contributed by atoms with Crippen LogP contribution in [0.4, 0.5) is 0 Å². The van der Waals surface area contributed by atoms with E-state index in [1.807, 2.05) is 6.08 Å². The number of allylic oxidation sites excluding steroid dienone is 2. The maximum absolute atomic E-state index is 12.5. The van der Waals surface area contributed by atoms with Gasteiger partial charge in [-0.3, -0.25) is 9.59 Å². The first-order chi connectivity index (χ1) is 11.6. The minimum atomic E-state index is -0.163. The van der Waals surface area contributed by atoms with Gasteiger partial charge in [0.1, 0.15) is 5.78 Å². The molecule has 0 unspecified atom stereocenters. The quantitative estimate of drug-likeness (QED) is 0.651. The van der Waals surface area contributed by atoms with Crippen molar-refractivity contribution in [3.63, 3.8) is 0 Å². The standard InChI is InChI=1S/C23H32O2/c1-14-12-17-18(21(3)9-6-16(25)13-20(14)21)7-11-23(5)19(17)8-10-22(23,4)15(2)24/h13,17-19H,1,6-12H2,2-5H3/t17-,18+,19+,21-,22-,23+/m1/s1. The fourth-order valence-electron chi connectivity index (χ4n) is 7.41. The van der Waals surface area contributed by atoms with E-state index in [1.54, 1.807) is 6.92 Å². The molecule has 6 atom stereocenters. The number of carbonyl (C=O) groups is 2. The summed E-state index contributed by atoms with van der Waals surface area (Å²) in [6.07, 6.45) is 9.15. The summed E-state index contributed by atoms with van der Waals surface area (Å²) in [6, 6.07) is 0. The fourth-order valence-corrected chi connectivity index (χ4v) is 7.41. The average Bonchev–Trinajstić information content (AvgIpc) is 2.83. The molecular formula is C23H32O2. The van der Waals surface area contributed by atoms with Crippen LogP contribution in [0.2, 0.25) is 0 Å². The average molecular weight is 341 g/mol. The first kappa shape index (κ1) is 17.2. The Labute approximate surface area is 152 Å². The van der Waals surface area contributed by atoms with Crippen LogP contribution in [0.25, 0.3) is 0 Å². The number of rotatable bonds is 1. The Kier molecular flexibility index (Phi) is 3.57. The van der Waals surface area contributed by atoms with Crippen molar-refractivity contribution in [2.24, 2.45) is 34.0 Å². The summed E-state index contributed by atoms with van der Waals surface area (Å²) in [5.74, 6) is 2.54. The maximum Gasteiger partial charge on any atom is 0.156 e. The van der Waals surface area contributed by atoms with Crippen molar-refractivity contribution in [1.29, 1.82) is 0 Å². The van der Waals surface area contributed by atoms with Crippen molar-refractivity contribution < 1.29 is 9.59 Å². The topological polar surface area (TPSA) is 34.1 Å². The second-order valence-electron chi connectivity index (χ2n) is 10.0. The number of fused-ring (bicyclic) bond motifs is 5. The summed E-state index contributed by atoms with van der Waals surface area (Å²) < 4.78 is 0. The summed E-state index contributed by atoms with van der Waals surface area (Å²) in [5, 5.41) is 0. The van der Waals surface area contributed by atoms with Gasteiger partial charge < -0.3 is 0 Å². The van der Waals surface area contributed by atoms with Crippen molar-refractivity contribution in [2.45, 2.75) is 72.6 Å². The number of carbonyl (C=O) groups excluding carboxylic acids is 2. The van der Waals surface area contributed by atoms with Gasteiger partial charge in [-0.1, -0.05) is 32.9 Å². The molecule has 4 aliphatic carbocycles. The van der Waals surface area contributed by atoms with Crippen molar-refractivity contribution >= 4 is 11.6 Å². The first-order valence-electron chi connectivity index (χ1n) is 10.1. The highest BCUT2D eigenvalue weighted by Gasteiger charge is 2.64. The van der Waals surface area contributed by atoms with E-state index in [9.17, 15) is 9.59 Å². The SMILES string of the molecule is C=C1C[C@@H]2[C@H](CC[C@@]3(C)[C@H]2CC[C@]3(C)C(C)=O)[C@@]2(C)CCC(=O)C=C12. The van der Waals surface area contributed by atoms with Crippen molar-refractivity contribution in [1.82, 2.24) is 0 Å². The van der Waals surface area contributed by atoms with Gasteiger partial charge in [-0.25, -0.2) is 0 Å². The highest BCUT2D eigenvalue weighted by molar-refractivity contribution is 5.92. The lowest BCUT2D eigenvalue weighted by Crippen LogP contribution is -2.53. The minimum Gasteiger partial charge on any atom is -0.299 e. The zero-order chi connectivity index (χ0) is 18.2. The Hall–Kier alpha value is -1.18. The van der Waals surface area contributed by atoms with E-state index >= 15 is 0 Å². The molecule has 0 spiro atoms. The van der Waals surface area contributed by atoms with Crippen LogP contribution in [0.15, 0.2) is 23.8 Å². The summed E-state index contributed by atoms with van der Waals surface area (Å²) in [5.41, 5.74) is 2.52. The maximum atomic E-state index is 12.5. The Balaban J connectivity index is 1.75. The summed E-state index contributed by atoms with van der Waals surface area (Å²) >= 11 is 0. The third-order valence-corrected chi connectivity index (χ3v) is 9.31. The van der Waals surface area contributed by atoms with Crippen LogP contribution in [0.5, 0.6) is 0 Å². The Morgan fingerprint density at radius 3 is 2.48 bits per heavy atom. The molecule has 0 saturated heterocycles. The lowest BCUT2D eigenvalue weighted by molar-refractivity contribution is -0.138. The molecule has 0 heterocycles. The number of hydrogen-bond acceptors (Lipinski definition) is 2. The van der Waals surface area contributed by atoms with Crippen LogP contribution >= 0.6 is 0 Å². The lowest BCUT2D eigenvalue weighted by Gasteiger charge is -2.59. The third kappa shape index (κ3) is 2.03. The molecule has 25 heavy (non-hydrogen) atoms. The monoisotopic (exact) mass is 340 g/mol. The highest BCUT2D eigenvalue weighted by Crippen LogP contribution is 2.70. The zero-order valence-electron chi connectivity index (χ0n) is 16.3. The van der Waals surface area contributed by atoms with Gasteiger partial charge in [-0.05, 0) is 85.7 Å². The molecule has 0 aromatic heterocycles. The Bertz CT molecular complexity index is 701. The van der Waals surface area contributed by atoms with Gasteiger partial charge in [0.25, 0.3) is 0 Å². The van der Waals surface area contributed by atoms with Crippen molar-refractivity contribution in [3.05, 3.63) is 23.8 Å². The van der Waals surface area contributed by atoms with Crippen LogP contribution in [0, 0.1) is 34.0 Å². The molecule has 0 radical (unpaired) electrons. The van der Waals surface area contributed by atoms with Gasteiger partial charge in [0.05, 0.1) is 0 Å². The van der Waals surface area contributed by atoms with Crippen molar-refractivity contribution in [3.8, 4) is 0 Å². The molecule has 2 heteroatoms. The molecule has 3 saturated carbocycles. The second-order valence-corrected chi connectivity index (χ2v) is 10.0. The minimum absolute atomic E-state index is 0.116. The van der Waals surface area contributed by atoms with E-state index in [4.69, 9.17) is 0 Å². The predicted octanol–water partition coefficient (Wildman–Crippen LogP) is 5.28. The second kappa shape index (κ2) is 5.18. The van der Waals surface area contributed by atoms with Crippen LogP contribution in [0.1, 0.15) is 72.6 Å². The van der Waals surface area contributed by atoms with Crippen LogP contribution in [-0.2, 0) is 9.59 Å². The van der Waals surface area contributed by atoms with Gasteiger partial charge >= 0.3 is 0 Å². The van der Waals surface area contributed by atoms with Crippen LogP contribution in [0.3, 0.4) is 0 Å². The van der Waals surface area contributed by atoms with Gasteiger partial charge in [-0.15, -0.1) is 0 Å². The smallest absolute Gasteiger partial charge is 0.156 e. The summed E-state index contributed by atoms with van der Waals surface area (Å²) in [4.78, 5) is 24.5. The van der Waals surface area contributed by atoms with Crippen molar-refractivity contribution in [2.75, 3.05) is 0 Å². The van der Waals surface area contributed by atoms with E-state index in [-0.39, 0.29) is 22.0 Å². The van der Waals surface area contributed by atoms with Crippen LogP contribution in [-0.4, -0.2) is 11.6 Å². The van der Waals surface area contributed by atoms with Gasteiger partial charge in [-0.2, -0.15) is 0 Å². The Morgan fingerprint density at radius 1 is 1.12 bits per heavy atom. The van der Waals surface area contributed by atoms with E-state index < -0.39 is 0 Å². The predicted molar refractivity (Wildman–Crippen MR) is 100 cm³/mol. The molecule has 0 bridgehead atoms. The normalized spacial score (nSPS) is 49.1. The van der Waals surface area contributed by atoms with Crippen LogP contribution < -0.4 is 0 Å². The molecule has 0 aromatic carbocycles. The zero-order valence-corrected chi connectivity index (χ0v) is 16.3. The number of ketones is 2. The molecule has 0 amide bonds. The van der Waals surface area contributed by atoms with Gasteiger partial charge in [0.2, 0.25) is 0 Å². The number of Topliss-reactive ketones (excluding diaryl/α,β-unsaturated/α-hetero) is 1. The molecule has 4 rings (SSSR count).